The molecule has 0 heterocycles. The Kier molecular flexibility index (Phi) is 6.95. The molecular formula is C15H28N2O4. The van der Waals surface area contributed by atoms with E-state index in [0.717, 1.165) is 19.3 Å². The van der Waals surface area contributed by atoms with Gasteiger partial charge in [-0.25, -0.2) is 4.79 Å². The second kappa shape index (κ2) is 8.22. The summed E-state index contributed by atoms with van der Waals surface area (Å²) < 4.78 is 0. The maximum absolute atomic E-state index is 12.2. The van der Waals surface area contributed by atoms with E-state index in [1.807, 2.05) is 13.8 Å². The van der Waals surface area contributed by atoms with Crippen LogP contribution in [-0.4, -0.2) is 52.9 Å². The summed E-state index contributed by atoms with van der Waals surface area (Å²) in [6, 6.07) is -0.228. The Morgan fingerprint density at radius 3 is 2.33 bits per heavy atom. The fourth-order valence-corrected chi connectivity index (χ4v) is 2.88. The molecule has 0 saturated heterocycles. The summed E-state index contributed by atoms with van der Waals surface area (Å²) in [6.07, 6.45) is 4.65. The van der Waals surface area contributed by atoms with E-state index in [4.69, 9.17) is 5.11 Å². The Morgan fingerprint density at radius 2 is 1.86 bits per heavy atom. The number of hydrogen-bond acceptors (Lipinski definition) is 3. The van der Waals surface area contributed by atoms with Crippen LogP contribution in [0, 0.1) is 5.41 Å². The molecule has 0 radical (unpaired) electrons. The topological polar surface area (TPSA) is 89.9 Å². The zero-order valence-electron chi connectivity index (χ0n) is 13.1. The van der Waals surface area contributed by atoms with Crippen LogP contribution in [-0.2, 0) is 4.79 Å². The van der Waals surface area contributed by atoms with Crippen LogP contribution in [0.3, 0.4) is 0 Å². The predicted molar refractivity (Wildman–Crippen MR) is 80.1 cm³/mol. The van der Waals surface area contributed by atoms with Gasteiger partial charge in [0.15, 0.2) is 0 Å². The molecule has 0 aliphatic heterocycles. The highest BCUT2D eigenvalue weighted by molar-refractivity contribution is 5.78. The Labute approximate surface area is 126 Å². The van der Waals surface area contributed by atoms with Gasteiger partial charge in [-0.15, -0.1) is 0 Å². The van der Waals surface area contributed by atoms with Gasteiger partial charge >= 0.3 is 12.0 Å². The van der Waals surface area contributed by atoms with Crippen molar-refractivity contribution in [3.05, 3.63) is 0 Å². The predicted octanol–water partition coefficient (Wildman–Crippen LogP) is 1.82. The third kappa shape index (κ3) is 4.88. The quantitative estimate of drug-likeness (QED) is 0.669. The number of urea groups is 1. The molecule has 1 saturated carbocycles. The fraction of sp³-hybridized carbons (Fsp3) is 0.867. The number of amides is 2. The largest absolute Gasteiger partial charge is 0.481 e. The number of aliphatic hydroxyl groups excluding tert-OH is 1. The summed E-state index contributed by atoms with van der Waals surface area (Å²) in [6.45, 7) is 4.51. The minimum Gasteiger partial charge on any atom is -0.481 e. The van der Waals surface area contributed by atoms with Crippen molar-refractivity contribution in [2.75, 3.05) is 19.7 Å². The number of carbonyl (C=O) groups excluding carboxylic acids is 1. The molecule has 0 aromatic carbocycles. The number of rotatable bonds is 7. The SMILES string of the molecule is CC(C)N(CCCO)C(=O)NCC1(C(=O)O)CCCCC1. The molecule has 122 valence electrons. The molecule has 0 bridgehead atoms. The second-order valence-corrected chi connectivity index (χ2v) is 6.17. The van der Waals surface area contributed by atoms with Crippen molar-refractivity contribution in [2.24, 2.45) is 5.41 Å². The summed E-state index contributed by atoms with van der Waals surface area (Å²) in [5.74, 6) is -0.811. The van der Waals surface area contributed by atoms with Gasteiger partial charge in [0.05, 0.1) is 5.41 Å². The molecule has 3 N–H and O–H groups in total. The highest BCUT2D eigenvalue weighted by Crippen LogP contribution is 2.36. The van der Waals surface area contributed by atoms with Gasteiger partial charge in [0.2, 0.25) is 0 Å². The number of nitrogens with one attached hydrogen (secondary N) is 1. The van der Waals surface area contributed by atoms with E-state index < -0.39 is 11.4 Å². The number of aliphatic hydroxyl groups is 1. The van der Waals surface area contributed by atoms with Gasteiger partial charge in [-0.05, 0) is 33.1 Å². The van der Waals surface area contributed by atoms with Crippen LogP contribution < -0.4 is 5.32 Å². The number of hydrogen-bond donors (Lipinski definition) is 3. The monoisotopic (exact) mass is 300 g/mol. The average Bonchev–Trinajstić information content (AvgIpc) is 2.46. The molecule has 21 heavy (non-hydrogen) atoms. The molecular weight excluding hydrogens is 272 g/mol. The number of aliphatic carboxylic acids is 1. The maximum Gasteiger partial charge on any atom is 0.317 e. The van der Waals surface area contributed by atoms with Gasteiger partial charge in [0.25, 0.3) is 0 Å². The van der Waals surface area contributed by atoms with Crippen molar-refractivity contribution < 1.29 is 19.8 Å². The van der Waals surface area contributed by atoms with Gasteiger partial charge in [-0.1, -0.05) is 19.3 Å². The Bertz CT molecular complexity index is 352. The second-order valence-electron chi connectivity index (χ2n) is 6.17. The zero-order valence-corrected chi connectivity index (χ0v) is 13.1. The standard InChI is InChI=1S/C15H28N2O4/c1-12(2)17(9-6-10-18)14(21)16-11-15(13(19)20)7-4-3-5-8-15/h12,18H,3-11H2,1-2H3,(H,16,21)(H,19,20). The van der Waals surface area contributed by atoms with Gasteiger partial charge in [-0.3, -0.25) is 4.79 Å². The molecule has 1 aliphatic rings. The van der Waals surface area contributed by atoms with Crippen molar-refractivity contribution in [1.82, 2.24) is 10.2 Å². The Balaban J connectivity index is 2.61. The summed E-state index contributed by atoms with van der Waals surface area (Å²) in [4.78, 5) is 25.4. The molecule has 0 atom stereocenters. The van der Waals surface area contributed by atoms with Gasteiger partial charge < -0.3 is 20.4 Å². The average molecular weight is 300 g/mol. The first kappa shape index (κ1) is 17.8. The molecule has 1 aliphatic carbocycles. The molecule has 0 aromatic heterocycles. The van der Waals surface area contributed by atoms with E-state index in [-0.39, 0.29) is 25.2 Å². The molecule has 0 unspecified atom stereocenters. The van der Waals surface area contributed by atoms with E-state index in [1.165, 1.54) is 0 Å². The van der Waals surface area contributed by atoms with Crippen LogP contribution in [0.4, 0.5) is 4.79 Å². The summed E-state index contributed by atoms with van der Waals surface area (Å²) in [5.41, 5.74) is -0.812. The molecule has 0 aromatic rings. The summed E-state index contributed by atoms with van der Waals surface area (Å²) in [7, 11) is 0. The molecule has 6 nitrogen and oxygen atoms in total. The first-order valence-electron chi connectivity index (χ1n) is 7.82. The smallest absolute Gasteiger partial charge is 0.317 e. The first-order chi connectivity index (χ1) is 9.93. The Hall–Kier alpha value is -1.30. The zero-order chi connectivity index (χ0) is 15.9. The summed E-state index contributed by atoms with van der Waals surface area (Å²) in [5, 5.41) is 21.2. The lowest BCUT2D eigenvalue weighted by atomic mass is 9.74. The van der Waals surface area contributed by atoms with Crippen molar-refractivity contribution >= 4 is 12.0 Å². The molecule has 1 rings (SSSR count). The van der Waals surface area contributed by atoms with E-state index in [2.05, 4.69) is 5.32 Å². The Morgan fingerprint density at radius 1 is 1.24 bits per heavy atom. The molecule has 0 spiro atoms. The van der Waals surface area contributed by atoms with Gasteiger partial charge in [0.1, 0.15) is 0 Å². The number of carboxylic acid groups (broad SMARTS) is 1. The van der Waals surface area contributed by atoms with E-state index in [1.54, 1.807) is 4.90 Å². The lowest BCUT2D eigenvalue weighted by molar-refractivity contribution is -0.150. The van der Waals surface area contributed by atoms with Crippen LogP contribution in [0.1, 0.15) is 52.4 Å². The minimum atomic E-state index is -0.812. The van der Waals surface area contributed by atoms with Crippen molar-refractivity contribution in [1.29, 1.82) is 0 Å². The fourth-order valence-electron chi connectivity index (χ4n) is 2.88. The molecule has 6 heteroatoms. The third-order valence-electron chi connectivity index (χ3n) is 4.28. The number of carboxylic acids is 1. The minimum absolute atomic E-state index is 0.0173. The first-order valence-corrected chi connectivity index (χ1v) is 7.82. The van der Waals surface area contributed by atoms with Crippen LogP contribution >= 0.6 is 0 Å². The van der Waals surface area contributed by atoms with Crippen LogP contribution in [0.5, 0.6) is 0 Å². The third-order valence-corrected chi connectivity index (χ3v) is 4.28. The molecule has 1 fully saturated rings. The van der Waals surface area contributed by atoms with E-state index in [0.29, 0.717) is 25.8 Å². The van der Waals surface area contributed by atoms with Gasteiger partial charge in [0, 0.05) is 25.7 Å². The summed E-state index contributed by atoms with van der Waals surface area (Å²) >= 11 is 0. The van der Waals surface area contributed by atoms with Gasteiger partial charge in [-0.2, -0.15) is 0 Å². The molecule has 2 amide bonds. The highest BCUT2D eigenvalue weighted by atomic mass is 16.4. The van der Waals surface area contributed by atoms with Crippen molar-refractivity contribution in [3.63, 3.8) is 0 Å². The van der Waals surface area contributed by atoms with E-state index in [9.17, 15) is 14.7 Å². The van der Waals surface area contributed by atoms with Crippen LogP contribution in [0.2, 0.25) is 0 Å². The van der Waals surface area contributed by atoms with Crippen LogP contribution in [0.15, 0.2) is 0 Å². The number of nitrogens with zero attached hydrogens (tertiary/aromatic N) is 1. The lowest BCUT2D eigenvalue weighted by Gasteiger charge is -2.34. The van der Waals surface area contributed by atoms with E-state index >= 15 is 0 Å². The van der Waals surface area contributed by atoms with Crippen LogP contribution in [0.25, 0.3) is 0 Å². The number of carbonyl (C=O) groups is 2. The normalized spacial score (nSPS) is 17.5. The van der Waals surface area contributed by atoms with Crippen molar-refractivity contribution in [2.45, 2.75) is 58.4 Å². The maximum atomic E-state index is 12.2. The highest BCUT2D eigenvalue weighted by Gasteiger charge is 2.40. The lowest BCUT2D eigenvalue weighted by Crippen LogP contribution is -2.50. The van der Waals surface area contributed by atoms with Crippen molar-refractivity contribution in [3.8, 4) is 0 Å².